The van der Waals surface area contributed by atoms with Crippen molar-refractivity contribution >= 4 is 11.8 Å². The molecule has 22 heavy (non-hydrogen) atoms. The molecule has 0 unspecified atom stereocenters. The summed E-state index contributed by atoms with van der Waals surface area (Å²) < 4.78 is 34.8. The maximum Gasteiger partial charge on any atom is 0.284 e. The highest BCUT2D eigenvalue weighted by Crippen LogP contribution is 2.21. The molecule has 0 aliphatic heterocycles. The van der Waals surface area contributed by atoms with E-state index >= 15 is 0 Å². The normalized spacial score (nSPS) is 11.1. The predicted octanol–water partition coefficient (Wildman–Crippen LogP) is 4.08. The Kier molecular flexibility index (Phi) is 6.74. The van der Waals surface area contributed by atoms with Crippen LogP contribution in [0.25, 0.3) is 0 Å². The SMILES string of the molecule is COc1ccc(CCNCc2ccc(CSC(F)F)o2)cc1. The molecule has 120 valence electrons. The van der Waals surface area contributed by atoms with Crippen molar-refractivity contribution in [1.29, 1.82) is 0 Å². The van der Waals surface area contributed by atoms with Gasteiger partial charge < -0.3 is 14.5 Å². The largest absolute Gasteiger partial charge is 0.497 e. The molecular formula is C16H19F2NO2S. The van der Waals surface area contributed by atoms with Crippen molar-refractivity contribution in [1.82, 2.24) is 5.32 Å². The molecule has 0 atom stereocenters. The standard InChI is InChI=1S/C16H19F2NO2S/c1-20-13-4-2-12(3-5-13)8-9-19-10-14-6-7-15(21-14)11-22-16(17)18/h2-7,16,19H,8-11H2,1H3. The number of nitrogens with one attached hydrogen (secondary N) is 1. The number of furan rings is 1. The lowest BCUT2D eigenvalue weighted by molar-refractivity contribution is 0.251. The first-order chi connectivity index (χ1) is 10.7. The highest BCUT2D eigenvalue weighted by Gasteiger charge is 2.07. The molecule has 0 aliphatic rings. The van der Waals surface area contributed by atoms with Gasteiger partial charge in [0, 0.05) is 0 Å². The van der Waals surface area contributed by atoms with Crippen molar-refractivity contribution in [3.8, 4) is 5.75 Å². The lowest BCUT2D eigenvalue weighted by Gasteiger charge is -2.05. The summed E-state index contributed by atoms with van der Waals surface area (Å²) in [5, 5.41) is 3.28. The van der Waals surface area contributed by atoms with Crippen LogP contribution in [-0.4, -0.2) is 19.4 Å². The van der Waals surface area contributed by atoms with Crippen LogP contribution in [0.3, 0.4) is 0 Å². The van der Waals surface area contributed by atoms with E-state index in [1.807, 2.05) is 30.3 Å². The molecule has 0 radical (unpaired) electrons. The summed E-state index contributed by atoms with van der Waals surface area (Å²) in [5.41, 5.74) is 1.22. The molecular weight excluding hydrogens is 308 g/mol. The minimum Gasteiger partial charge on any atom is -0.497 e. The van der Waals surface area contributed by atoms with Crippen LogP contribution >= 0.6 is 11.8 Å². The summed E-state index contributed by atoms with van der Waals surface area (Å²) in [6.07, 6.45) is 0.902. The molecule has 1 heterocycles. The second-order valence-corrected chi connectivity index (χ2v) is 5.69. The zero-order valence-electron chi connectivity index (χ0n) is 12.4. The van der Waals surface area contributed by atoms with Crippen molar-refractivity contribution in [2.45, 2.75) is 24.5 Å². The van der Waals surface area contributed by atoms with Crippen molar-refractivity contribution in [3.05, 3.63) is 53.5 Å². The molecule has 0 spiro atoms. The van der Waals surface area contributed by atoms with Gasteiger partial charge in [0.1, 0.15) is 17.3 Å². The monoisotopic (exact) mass is 327 g/mol. The van der Waals surface area contributed by atoms with E-state index in [1.165, 1.54) is 5.56 Å². The molecule has 1 aromatic carbocycles. The van der Waals surface area contributed by atoms with Gasteiger partial charge in [-0.25, -0.2) is 0 Å². The van der Waals surface area contributed by atoms with Gasteiger partial charge in [-0.1, -0.05) is 23.9 Å². The summed E-state index contributed by atoms with van der Waals surface area (Å²) in [5.74, 6) is 0.0262. The van der Waals surface area contributed by atoms with E-state index in [4.69, 9.17) is 9.15 Å². The summed E-state index contributed by atoms with van der Waals surface area (Å²) in [6.45, 7) is 1.41. The van der Waals surface area contributed by atoms with Gasteiger partial charge in [-0.05, 0) is 42.8 Å². The quantitative estimate of drug-likeness (QED) is 0.704. The Hall–Kier alpha value is -1.53. The molecule has 0 aliphatic carbocycles. The van der Waals surface area contributed by atoms with Gasteiger partial charge in [-0.15, -0.1) is 0 Å². The van der Waals surface area contributed by atoms with Crippen molar-refractivity contribution in [3.63, 3.8) is 0 Å². The summed E-state index contributed by atoms with van der Waals surface area (Å²) in [7, 11) is 1.65. The number of methoxy groups -OCH3 is 1. The van der Waals surface area contributed by atoms with E-state index in [0.717, 1.165) is 24.5 Å². The first kappa shape index (κ1) is 16.8. The average molecular weight is 327 g/mol. The first-order valence-electron chi connectivity index (χ1n) is 6.98. The van der Waals surface area contributed by atoms with E-state index in [0.29, 0.717) is 24.1 Å². The Balaban J connectivity index is 1.67. The fourth-order valence-electron chi connectivity index (χ4n) is 1.98. The zero-order chi connectivity index (χ0) is 15.8. The van der Waals surface area contributed by atoms with Crippen LogP contribution < -0.4 is 10.1 Å². The molecule has 0 saturated carbocycles. The van der Waals surface area contributed by atoms with E-state index < -0.39 is 5.76 Å². The fraction of sp³-hybridized carbons (Fsp3) is 0.375. The van der Waals surface area contributed by atoms with E-state index in [1.54, 1.807) is 13.2 Å². The Labute approximate surface area is 133 Å². The van der Waals surface area contributed by atoms with Crippen molar-refractivity contribution in [2.75, 3.05) is 13.7 Å². The number of ether oxygens (including phenoxy) is 1. The van der Waals surface area contributed by atoms with Gasteiger partial charge in [-0.2, -0.15) is 8.78 Å². The lowest BCUT2D eigenvalue weighted by Crippen LogP contribution is -2.16. The smallest absolute Gasteiger partial charge is 0.284 e. The zero-order valence-corrected chi connectivity index (χ0v) is 13.2. The third-order valence-corrected chi connectivity index (χ3v) is 3.82. The second-order valence-electron chi connectivity index (χ2n) is 4.71. The fourth-order valence-corrected chi connectivity index (χ4v) is 2.42. The Bertz CT molecular complexity index is 558. The van der Waals surface area contributed by atoms with Gasteiger partial charge in [0.15, 0.2) is 0 Å². The van der Waals surface area contributed by atoms with Crippen LogP contribution in [0, 0.1) is 0 Å². The van der Waals surface area contributed by atoms with Crippen molar-refractivity contribution < 1.29 is 17.9 Å². The van der Waals surface area contributed by atoms with E-state index in [-0.39, 0.29) is 5.75 Å². The van der Waals surface area contributed by atoms with Crippen LogP contribution in [0.15, 0.2) is 40.8 Å². The Morgan fingerprint density at radius 2 is 1.86 bits per heavy atom. The number of rotatable bonds is 9. The highest BCUT2D eigenvalue weighted by molar-refractivity contribution is 7.98. The van der Waals surface area contributed by atoms with Gasteiger partial charge in [0.05, 0.1) is 19.4 Å². The first-order valence-corrected chi connectivity index (χ1v) is 8.03. The maximum atomic E-state index is 12.1. The average Bonchev–Trinajstić information content (AvgIpc) is 2.98. The third-order valence-electron chi connectivity index (χ3n) is 3.12. The molecule has 6 heteroatoms. The maximum absolute atomic E-state index is 12.1. The van der Waals surface area contributed by atoms with Crippen LogP contribution in [0.4, 0.5) is 8.78 Å². The molecule has 1 N–H and O–H groups in total. The highest BCUT2D eigenvalue weighted by atomic mass is 32.2. The molecule has 3 nitrogen and oxygen atoms in total. The summed E-state index contributed by atoms with van der Waals surface area (Å²) in [6, 6.07) is 11.5. The van der Waals surface area contributed by atoms with E-state index in [9.17, 15) is 8.78 Å². The summed E-state index contributed by atoms with van der Waals surface area (Å²) in [4.78, 5) is 0. The topological polar surface area (TPSA) is 34.4 Å². The molecule has 0 amide bonds. The van der Waals surface area contributed by atoms with Crippen LogP contribution in [0.5, 0.6) is 5.75 Å². The second kappa shape index (κ2) is 8.80. The third kappa shape index (κ3) is 5.69. The van der Waals surface area contributed by atoms with Gasteiger partial charge in [0.2, 0.25) is 0 Å². The number of thioether (sulfide) groups is 1. The molecule has 2 rings (SSSR count). The number of alkyl halides is 2. The van der Waals surface area contributed by atoms with Gasteiger partial charge >= 0.3 is 0 Å². The van der Waals surface area contributed by atoms with Crippen LogP contribution in [0.2, 0.25) is 0 Å². The Morgan fingerprint density at radius 1 is 1.14 bits per heavy atom. The Morgan fingerprint density at radius 3 is 2.55 bits per heavy atom. The number of benzene rings is 1. The molecule has 2 aromatic rings. The van der Waals surface area contributed by atoms with Gasteiger partial charge in [0.25, 0.3) is 5.76 Å². The number of halogens is 2. The minimum absolute atomic E-state index is 0.198. The number of hydrogen-bond donors (Lipinski definition) is 1. The summed E-state index contributed by atoms with van der Waals surface area (Å²) >= 11 is 0.569. The van der Waals surface area contributed by atoms with Crippen molar-refractivity contribution in [2.24, 2.45) is 0 Å². The number of hydrogen-bond acceptors (Lipinski definition) is 4. The minimum atomic E-state index is -2.36. The van der Waals surface area contributed by atoms with Gasteiger partial charge in [-0.3, -0.25) is 0 Å². The lowest BCUT2D eigenvalue weighted by atomic mass is 10.1. The molecule has 1 aromatic heterocycles. The van der Waals surface area contributed by atoms with Crippen LogP contribution in [0.1, 0.15) is 17.1 Å². The molecule has 0 bridgehead atoms. The molecule has 0 fully saturated rings. The van der Waals surface area contributed by atoms with E-state index in [2.05, 4.69) is 5.32 Å². The predicted molar refractivity (Wildman–Crippen MR) is 84.4 cm³/mol. The molecule has 0 saturated heterocycles. The van der Waals surface area contributed by atoms with Crippen LogP contribution in [-0.2, 0) is 18.7 Å².